The molecule has 1 N–H and O–H groups in total. The fourth-order valence-corrected chi connectivity index (χ4v) is 5.15. The number of likely N-dealkylation sites (tertiary alicyclic amines) is 1. The van der Waals surface area contributed by atoms with Crippen LogP contribution < -0.4 is 5.32 Å². The lowest BCUT2D eigenvalue weighted by atomic mass is 10.0. The number of anilines is 1. The van der Waals surface area contributed by atoms with Crippen molar-refractivity contribution < 1.29 is 4.79 Å². The number of carbonyl (C=O) groups excluding carboxylic acids is 1. The molecule has 0 saturated carbocycles. The Kier molecular flexibility index (Phi) is 6.88. The van der Waals surface area contributed by atoms with E-state index in [9.17, 15) is 4.79 Å². The second-order valence-corrected chi connectivity index (χ2v) is 8.74. The fourth-order valence-electron chi connectivity index (χ4n) is 3.37. The Morgan fingerprint density at radius 2 is 1.96 bits per heavy atom. The van der Waals surface area contributed by atoms with E-state index in [0.29, 0.717) is 17.7 Å². The van der Waals surface area contributed by atoms with Crippen molar-refractivity contribution in [2.24, 2.45) is 0 Å². The Morgan fingerprint density at radius 1 is 1.21 bits per heavy atom. The highest BCUT2D eigenvalue weighted by molar-refractivity contribution is 7.99. The molecule has 0 aromatic carbocycles. The Hall–Kier alpha value is -0.700. The molecule has 0 spiro atoms. The number of aromatic nitrogens is 2. The molecule has 8 heteroatoms. The summed E-state index contributed by atoms with van der Waals surface area (Å²) >= 11 is 3.55. The fraction of sp³-hybridized carbons (Fsp3) is 0.812. The van der Waals surface area contributed by atoms with Gasteiger partial charge in [-0.3, -0.25) is 19.9 Å². The van der Waals surface area contributed by atoms with Crippen molar-refractivity contribution in [3.63, 3.8) is 0 Å². The SMILES string of the molecule is CCCc1nnc(NC(=O)CN2CCC(N3CCSCC3)CC2)s1. The zero-order valence-corrected chi connectivity index (χ0v) is 16.0. The molecule has 1 amide bonds. The molecule has 1 aromatic rings. The van der Waals surface area contributed by atoms with Crippen molar-refractivity contribution in [3.8, 4) is 0 Å². The second-order valence-electron chi connectivity index (χ2n) is 6.45. The molecule has 0 radical (unpaired) electrons. The predicted molar refractivity (Wildman–Crippen MR) is 101 cm³/mol. The summed E-state index contributed by atoms with van der Waals surface area (Å²) in [5.41, 5.74) is 0. The summed E-state index contributed by atoms with van der Waals surface area (Å²) in [6, 6.07) is 0.713. The largest absolute Gasteiger partial charge is 0.299 e. The summed E-state index contributed by atoms with van der Waals surface area (Å²) in [5, 5.41) is 12.7. The molecule has 0 atom stereocenters. The lowest BCUT2D eigenvalue weighted by Crippen LogP contribution is -2.49. The minimum atomic E-state index is 0.0296. The first-order valence-electron chi connectivity index (χ1n) is 8.91. The van der Waals surface area contributed by atoms with Gasteiger partial charge in [0.2, 0.25) is 11.0 Å². The Balaban J connectivity index is 1.39. The number of nitrogens with one attached hydrogen (secondary N) is 1. The van der Waals surface area contributed by atoms with Gasteiger partial charge in [0.05, 0.1) is 6.54 Å². The average molecular weight is 370 g/mol. The molecule has 0 bridgehead atoms. The van der Waals surface area contributed by atoms with Crippen LogP contribution in [0.1, 0.15) is 31.2 Å². The van der Waals surface area contributed by atoms with Crippen LogP contribution in [-0.2, 0) is 11.2 Å². The van der Waals surface area contributed by atoms with Gasteiger partial charge in [0, 0.05) is 50.1 Å². The summed E-state index contributed by atoms with van der Waals surface area (Å²) in [6.45, 7) is 7.06. The predicted octanol–water partition coefficient (Wildman–Crippen LogP) is 1.94. The lowest BCUT2D eigenvalue weighted by molar-refractivity contribution is -0.117. The quantitative estimate of drug-likeness (QED) is 0.827. The number of nitrogens with zero attached hydrogens (tertiary/aromatic N) is 4. The van der Waals surface area contributed by atoms with Crippen LogP contribution in [0, 0.1) is 0 Å². The van der Waals surface area contributed by atoms with Crippen LogP contribution in [0.15, 0.2) is 0 Å². The number of carbonyl (C=O) groups is 1. The van der Waals surface area contributed by atoms with Gasteiger partial charge < -0.3 is 0 Å². The highest BCUT2D eigenvalue weighted by atomic mass is 32.2. The number of aryl methyl sites for hydroxylation is 1. The maximum Gasteiger partial charge on any atom is 0.240 e. The maximum atomic E-state index is 12.2. The Labute approximate surface area is 152 Å². The number of piperidine rings is 1. The van der Waals surface area contributed by atoms with Crippen molar-refractivity contribution in [1.29, 1.82) is 0 Å². The molecule has 0 aliphatic carbocycles. The number of hydrogen-bond acceptors (Lipinski definition) is 7. The second kappa shape index (κ2) is 9.12. The van der Waals surface area contributed by atoms with E-state index in [-0.39, 0.29) is 5.91 Å². The third-order valence-electron chi connectivity index (χ3n) is 4.66. The van der Waals surface area contributed by atoms with E-state index in [0.717, 1.165) is 30.9 Å². The summed E-state index contributed by atoms with van der Waals surface area (Å²) < 4.78 is 0. The summed E-state index contributed by atoms with van der Waals surface area (Å²) in [6.07, 6.45) is 4.33. The van der Waals surface area contributed by atoms with E-state index in [1.54, 1.807) is 0 Å². The average Bonchev–Trinajstić information content (AvgIpc) is 3.03. The van der Waals surface area contributed by atoms with Gasteiger partial charge in [-0.1, -0.05) is 18.3 Å². The maximum absolute atomic E-state index is 12.2. The van der Waals surface area contributed by atoms with Crippen LogP contribution >= 0.6 is 23.1 Å². The van der Waals surface area contributed by atoms with Gasteiger partial charge in [-0.05, 0) is 19.3 Å². The first-order valence-corrected chi connectivity index (χ1v) is 10.9. The topological polar surface area (TPSA) is 61.4 Å². The number of amides is 1. The van der Waals surface area contributed by atoms with E-state index in [1.807, 2.05) is 0 Å². The van der Waals surface area contributed by atoms with Crippen LogP contribution in [0.4, 0.5) is 5.13 Å². The molecule has 2 aliphatic heterocycles. The Morgan fingerprint density at radius 3 is 2.67 bits per heavy atom. The number of thioether (sulfide) groups is 1. The van der Waals surface area contributed by atoms with Crippen LogP contribution in [0.2, 0.25) is 0 Å². The molecule has 0 unspecified atom stereocenters. The summed E-state index contributed by atoms with van der Waals surface area (Å²) in [5.74, 6) is 2.57. The van der Waals surface area contributed by atoms with Crippen LogP contribution in [-0.4, -0.2) is 76.2 Å². The number of hydrogen-bond donors (Lipinski definition) is 1. The highest BCUT2D eigenvalue weighted by Gasteiger charge is 2.26. The monoisotopic (exact) mass is 369 g/mol. The molecule has 134 valence electrons. The van der Waals surface area contributed by atoms with Crippen molar-refractivity contribution in [2.45, 2.75) is 38.6 Å². The molecule has 3 heterocycles. The van der Waals surface area contributed by atoms with Gasteiger partial charge in [0.1, 0.15) is 5.01 Å². The smallest absolute Gasteiger partial charge is 0.240 e. The van der Waals surface area contributed by atoms with Gasteiger partial charge in [0.25, 0.3) is 0 Å². The molecule has 1 aromatic heterocycles. The van der Waals surface area contributed by atoms with Crippen LogP contribution in [0.3, 0.4) is 0 Å². The van der Waals surface area contributed by atoms with Gasteiger partial charge in [-0.15, -0.1) is 10.2 Å². The van der Waals surface area contributed by atoms with Gasteiger partial charge in [0.15, 0.2) is 0 Å². The molecule has 2 fully saturated rings. The zero-order valence-electron chi connectivity index (χ0n) is 14.4. The zero-order chi connectivity index (χ0) is 16.8. The van der Waals surface area contributed by atoms with Crippen molar-refractivity contribution >= 4 is 34.1 Å². The van der Waals surface area contributed by atoms with Crippen molar-refractivity contribution in [2.75, 3.05) is 49.5 Å². The number of rotatable bonds is 6. The van der Waals surface area contributed by atoms with E-state index in [2.05, 4.69) is 44.0 Å². The summed E-state index contributed by atoms with van der Waals surface area (Å²) in [4.78, 5) is 17.1. The minimum absolute atomic E-state index is 0.0296. The molecular formula is C16H27N5OS2. The molecular weight excluding hydrogens is 342 g/mol. The van der Waals surface area contributed by atoms with Gasteiger partial charge in [-0.2, -0.15) is 11.8 Å². The van der Waals surface area contributed by atoms with E-state index in [4.69, 9.17) is 0 Å². The van der Waals surface area contributed by atoms with Crippen LogP contribution in [0.5, 0.6) is 0 Å². The normalized spacial score (nSPS) is 21.0. The molecule has 6 nitrogen and oxygen atoms in total. The first kappa shape index (κ1) is 18.1. The van der Waals surface area contributed by atoms with E-state index in [1.165, 1.54) is 48.8 Å². The third kappa shape index (κ3) is 5.15. The minimum Gasteiger partial charge on any atom is -0.299 e. The molecule has 3 rings (SSSR count). The lowest BCUT2D eigenvalue weighted by Gasteiger charge is -2.39. The molecule has 24 heavy (non-hydrogen) atoms. The Bertz CT molecular complexity index is 524. The standard InChI is InChI=1S/C16H27N5OS2/c1-2-3-15-18-19-16(24-15)17-14(22)12-20-6-4-13(5-7-20)21-8-10-23-11-9-21/h13H,2-12H2,1H3,(H,17,19,22). The van der Waals surface area contributed by atoms with E-state index >= 15 is 0 Å². The van der Waals surface area contributed by atoms with Crippen molar-refractivity contribution in [1.82, 2.24) is 20.0 Å². The third-order valence-corrected chi connectivity index (χ3v) is 6.50. The van der Waals surface area contributed by atoms with E-state index < -0.39 is 0 Å². The first-order chi connectivity index (χ1) is 11.7. The molecule has 2 aliphatic rings. The highest BCUT2D eigenvalue weighted by Crippen LogP contribution is 2.21. The van der Waals surface area contributed by atoms with Gasteiger partial charge in [-0.25, -0.2) is 0 Å². The van der Waals surface area contributed by atoms with Crippen LogP contribution in [0.25, 0.3) is 0 Å². The molecule has 2 saturated heterocycles. The van der Waals surface area contributed by atoms with Crippen molar-refractivity contribution in [3.05, 3.63) is 5.01 Å². The van der Waals surface area contributed by atoms with Gasteiger partial charge >= 0.3 is 0 Å². The summed E-state index contributed by atoms with van der Waals surface area (Å²) in [7, 11) is 0.